The standard InChI is InChI=1S/C10H8BrN3O3S/c11-6-1-3-7(4-2-6)14-9(17)12-13-10(14)18-5-8(15)16/h1-4H,5H2,(H,12,17)(H,15,16). The second-order valence-electron chi connectivity index (χ2n) is 3.31. The molecule has 1 aromatic carbocycles. The van der Waals surface area contributed by atoms with Gasteiger partial charge in [-0.15, -0.1) is 5.10 Å². The quantitative estimate of drug-likeness (QED) is 0.830. The van der Waals surface area contributed by atoms with E-state index in [0.717, 1.165) is 16.2 Å². The first kappa shape index (κ1) is 12.9. The Kier molecular flexibility index (Phi) is 3.87. The number of benzene rings is 1. The van der Waals surface area contributed by atoms with Crippen LogP contribution < -0.4 is 5.69 Å². The monoisotopic (exact) mass is 329 g/mol. The van der Waals surface area contributed by atoms with Crippen LogP contribution >= 0.6 is 27.7 Å². The highest BCUT2D eigenvalue weighted by Gasteiger charge is 2.12. The van der Waals surface area contributed by atoms with Gasteiger partial charge in [-0.05, 0) is 24.3 Å². The van der Waals surface area contributed by atoms with E-state index in [2.05, 4.69) is 26.1 Å². The maximum Gasteiger partial charge on any atom is 0.348 e. The number of thioether (sulfide) groups is 1. The van der Waals surface area contributed by atoms with E-state index in [0.29, 0.717) is 10.8 Å². The van der Waals surface area contributed by atoms with E-state index in [9.17, 15) is 9.59 Å². The number of hydrogen-bond donors (Lipinski definition) is 2. The molecule has 0 saturated heterocycles. The number of H-pyrrole nitrogens is 1. The van der Waals surface area contributed by atoms with Gasteiger partial charge in [-0.3, -0.25) is 4.79 Å². The highest BCUT2D eigenvalue weighted by Crippen LogP contribution is 2.19. The van der Waals surface area contributed by atoms with Crippen LogP contribution in [0.3, 0.4) is 0 Å². The number of halogens is 1. The third kappa shape index (κ3) is 2.82. The van der Waals surface area contributed by atoms with E-state index >= 15 is 0 Å². The van der Waals surface area contributed by atoms with Crippen LogP contribution in [0.25, 0.3) is 5.69 Å². The summed E-state index contributed by atoms with van der Waals surface area (Å²) in [5, 5.41) is 15.1. The van der Waals surface area contributed by atoms with Gasteiger partial charge in [0.2, 0.25) is 0 Å². The maximum atomic E-state index is 11.6. The molecule has 94 valence electrons. The number of rotatable bonds is 4. The molecule has 8 heteroatoms. The fraction of sp³-hybridized carbons (Fsp3) is 0.100. The second kappa shape index (κ2) is 5.40. The normalized spacial score (nSPS) is 10.5. The summed E-state index contributed by atoms with van der Waals surface area (Å²) < 4.78 is 2.22. The van der Waals surface area contributed by atoms with E-state index in [4.69, 9.17) is 5.11 Å². The summed E-state index contributed by atoms with van der Waals surface area (Å²) in [5.41, 5.74) is 0.232. The smallest absolute Gasteiger partial charge is 0.348 e. The fourth-order valence-corrected chi connectivity index (χ4v) is 2.27. The van der Waals surface area contributed by atoms with Gasteiger partial charge in [0.1, 0.15) is 0 Å². The van der Waals surface area contributed by atoms with Gasteiger partial charge in [-0.25, -0.2) is 14.5 Å². The van der Waals surface area contributed by atoms with E-state index in [-0.39, 0.29) is 5.75 Å². The summed E-state index contributed by atoms with van der Waals surface area (Å²) in [7, 11) is 0. The summed E-state index contributed by atoms with van der Waals surface area (Å²) >= 11 is 4.29. The molecule has 0 saturated carbocycles. The molecule has 2 aromatic rings. The van der Waals surface area contributed by atoms with Crippen LogP contribution in [0.15, 0.2) is 38.7 Å². The molecule has 18 heavy (non-hydrogen) atoms. The molecule has 0 bridgehead atoms. The molecule has 6 nitrogen and oxygen atoms in total. The minimum absolute atomic E-state index is 0.152. The molecule has 0 fully saturated rings. The van der Waals surface area contributed by atoms with Gasteiger partial charge in [0.15, 0.2) is 5.16 Å². The van der Waals surface area contributed by atoms with Crippen LogP contribution in [0.2, 0.25) is 0 Å². The lowest BCUT2D eigenvalue weighted by Crippen LogP contribution is -2.15. The first-order chi connectivity index (χ1) is 8.58. The van der Waals surface area contributed by atoms with Crippen LogP contribution in [0.4, 0.5) is 0 Å². The lowest BCUT2D eigenvalue weighted by atomic mass is 10.3. The number of nitrogens with zero attached hydrogens (tertiary/aromatic N) is 2. The molecule has 2 N–H and O–H groups in total. The highest BCUT2D eigenvalue weighted by atomic mass is 79.9. The number of carboxylic acids is 1. The van der Waals surface area contributed by atoms with Crippen molar-refractivity contribution in [3.05, 3.63) is 39.2 Å². The maximum absolute atomic E-state index is 11.6. The lowest BCUT2D eigenvalue weighted by molar-refractivity contribution is -0.133. The Morgan fingerprint density at radius 1 is 1.44 bits per heavy atom. The van der Waals surface area contributed by atoms with Gasteiger partial charge in [0.05, 0.1) is 11.4 Å². The Morgan fingerprint density at radius 3 is 2.72 bits per heavy atom. The van der Waals surface area contributed by atoms with Crippen molar-refractivity contribution in [3.63, 3.8) is 0 Å². The number of aromatic nitrogens is 3. The molecule has 0 atom stereocenters. The Hall–Kier alpha value is -1.54. The van der Waals surface area contributed by atoms with Crippen molar-refractivity contribution in [1.29, 1.82) is 0 Å². The largest absolute Gasteiger partial charge is 0.481 e. The Balaban J connectivity index is 2.37. The van der Waals surface area contributed by atoms with Gasteiger partial charge in [0.25, 0.3) is 0 Å². The Labute approximate surface area is 114 Å². The summed E-state index contributed by atoms with van der Waals surface area (Å²) in [5.74, 6) is -1.11. The number of aromatic amines is 1. The number of aliphatic carboxylic acids is 1. The third-order valence-electron chi connectivity index (χ3n) is 2.05. The molecule has 0 amide bonds. The van der Waals surface area contributed by atoms with Crippen LogP contribution in [0.5, 0.6) is 0 Å². The highest BCUT2D eigenvalue weighted by molar-refractivity contribution is 9.10. The van der Waals surface area contributed by atoms with Crippen LogP contribution in [0.1, 0.15) is 0 Å². The molecule has 0 radical (unpaired) electrons. The van der Waals surface area contributed by atoms with Crippen molar-refractivity contribution < 1.29 is 9.90 Å². The molecule has 1 heterocycles. The predicted octanol–water partition coefficient (Wildman–Crippen LogP) is 1.50. The molecular weight excluding hydrogens is 322 g/mol. The van der Waals surface area contributed by atoms with Crippen molar-refractivity contribution >= 4 is 33.7 Å². The molecule has 0 aliphatic heterocycles. The number of carboxylic acid groups (broad SMARTS) is 1. The first-order valence-corrected chi connectivity index (χ1v) is 6.64. The zero-order chi connectivity index (χ0) is 13.1. The van der Waals surface area contributed by atoms with E-state index in [1.165, 1.54) is 4.57 Å². The molecule has 1 aromatic heterocycles. The topological polar surface area (TPSA) is 88.0 Å². The zero-order valence-electron chi connectivity index (χ0n) is 8.96. The van der Waals surface area contributed by atoms with Crippen molar-refractivity contribution in [3.8, 4) is 5.69 Å². The lowest BCUT2D eigenvalue weighted by Gasteiger charge is -2.04. The van der Waals surface area contributed by atoms with Crippen LogP contribution in [0, 0.1) is 0 Å². The van der Waals surface area contributed by atoms with Crippen molar-refractivity contribution in [2.75, 3.05) is 5.75 Å². The molecule has 0 spiro atoms. The van der Waals surface area contributed by atoms with Crippen molar-refractivity contribution in [2.45, 2.75) is 5.16 Å². The Morgan fingerprint density at radius 2 is 2.11 bits per heavy atom. The third-order valence-corrected chi connectivity index (χ3v) is 3.50. The Bertz CT molecular complexity index is 620. The molecule has 2 rings (SSSR count). The van der Waals surface area contributed by atoms with E-state index in [1.54, 1.807) is 24.3 Å². The van der Waals surface area contributed by atoms with Gasteiger partial charge < -0.3 is 5.11 Å². The summed E-state index contributed by atoms with van der Waals surface area (Å²) in [6, 6.07) is 7.07. The molecule has 0 unspecified atom stereocenters. The van der Waals surface area contributed by atoms with Gasteiger partial charge in [-0.1, -0.05) is 27.7 Å². The zero-order valence-corrected chi connectivity index (χ0v) is 11.4. The van der Waals surface area contributed by atoms with Crippen LogP contribution in [-0.4, -0.2) is 31.6 Å². The van der Waals surface area contributed by atoms with E-state index < -0.39 is 11.7 Å². The fourth-order valence-electron chi connectivity index (χ4n) is 1.32. The van der Waals surface area contributed by atoms with Gasteiger partial charge in [0, 0.05) is 4.47 Å². The summed E-state index contributed by atoms with van der Waals surface area (Å²) in [6.45, 7) is 0. The number of carbonyl (C=O) groups is 1. The average Bonchev–Trinajstić information content (AvgIpc) is 2.69. The molecule has 0 aliphatic rings. The second-order valence-corrected chi connectivity index (χ2v) is 5.16. The predicted molar refractivity (Wildman–Crippen MR) is 70.2 cm³/mol. The van der Waals surface area contributed by atoms with E-state index in [1.807, 2.05) is 0 Å². The number of hydrogen-bond acceptors (Lipinski definition) is 4. The minimum atomic E-state index is -0.960. The summed E-state index contributed by atoms with van der Waals surface area (Å²) in [6.07, 6.45) is 0. The molecular formula is C10H8BrN3O3S. The average molecular weight is 330 g/mol. The van der Waals surface area contributed by atoms with Crippen molar-refractivity contribution in [2.24, 2.45) is 0 Å². The molecule has 0 aliphatic carbocycles. The van der Waals surface area contributed by atoms with Gasteiger partial charge in [-0.2, -0.15) is 0 Å². The number of nitrogens with one attached hydrogen (secondary N) is 1. The van der Waals surface area contributed by atoms with Crippen molar-refractivity contribution in [1.82, 2.24) is 14.8 Å². The minimum Gasteiger partial charge on any atom is -0.481 e. The van der Waals surface area contributed by atoms with Gasteiger partial charge >= 0.3 is 11.7 Å². The first-order valence-electron chi connectivity index (χ1n) is 4.86. The van der Waals surface area contributed by atoms with Crippen LogP contribution in [-0.2, 0) is 4.79 Å². The SMILES string of the molecule is O=C(O)CSc1n[nH]c(=O)n1-c1ccc(Br)cc1. The summed E-state index contributed by atoms with van der Waals surface area (Å²) in [4.78, 5) is 22.2.